The van der Waals surface area contributed by atoms with Gasteiger partial charge in [0.1, 0.15) is 0 Å². The highest BCUT2D eigenvalue weighted by molar-refractivity contribution is 8.34. The summed E-state index contributed by atoms with van der Waals surface area (Å²) in [7, 11) is -1.98. The number of nitrogens with zero attached hydrogens (tertiary/aromatic N) is 2. The van der Waals surface area contributed by atoms with Crippen LogP contribution in [0.15, 0.2) is 268 Å². The molecule has 2 aromatic heterocycles. The van der Waals surface area contributed by atoms with E-state index in [1.54, 1.807) is 0 Å². The SMILES string of the molecule is C1=CC23CC=Cc4c2n(c2ccc(-c5ccc6c(c5)c5ccccc5n6-c5ccccc5)cc42)-c2c(cc(S(c4ccccc4)(c4ccccc4)c4ccccc4)cc2-c2ccccc2)C3=C1. The third-order valence-electron chi connectivity index (χ3n) is 14.6. The molecule has 0 radical (unpaired) electrons. The average molecular weight is 873 g/mol. The van der Waals surface area contributed by atoms with Crippen molar-refractivity contribution in [2.45, 2.75) is 31.4 Å². The van der Waals surface area contributed by atoms with Gasteiger partial charge in [-0.2, -0.15) is 0 Å². The van der Waals surface area contributed by atoms with Crippen LogP contribution in [0, 0.1) is 0 Å². The Morgan fingerprint density at radius 1 is 0.418 bits per heavy atom. The van der Waals surface area contributed by atoms with E-state index in [4.69, 9.17) is 0 Å². The molecule has 3 heterocycles. The lowest BCUT2D eigenvalue weighted by atomic mass is 9.68. The van der Waals surface area contributed by atoms with Crippen molar-refractivity contribution in [2.75, 3.05) is 0 Å². The van der Waals surface area contributed by atoms with Crippen LogP contribution in [0.1, 0.15) is 23.2 Å². The fourth-order valence-electron chi connectivity index (χ4n) is 11.8. The van der Waals surface area contributed by atoms with Crippen LogP contribution >= 0.6 is 10.0 Å². The van der Waals surface area contributed by atoms with Crippen molar-refractivity contribution in [1.82, 2.24) is 9.13 Å². The zero-order chi connectivity index (χ0) is 44.1. The Labute approximate surface area is 392 Å². The molecule has 0 fully saturated rings. The van der Waals surface area contributed by atoms with Gasteiger partial charge in [0.15, 0.2) is 0 Å². The Morgan fingerprint density at radius 3 is 1.61 bits per heavy atom. The maximum atomic E-state index is 2.66. The summed E-state index contributed by atoms with van der Waals surface area (Å²) in [4.78, 5) is 5.29. The van der Waals surface area contributed by atoms with Crippen molar-refractivity contribution in [3.8, 4) is 33.6 Å². The summed E-state index contributed by atoms with van der Waals surface area (Å²) in [5, 5.41) is 3.80. The number of para-hydroxylation sites is 2. The van der Waals surface area contributed by atoms with Gasteiger partial charge in [-0.15, -0.1) is 10.0 Å². The van der Waals surface area contributed by atoms with Gasteiger partial charge in [0, 0.05) is 63.8 Å². The Balaban J connectivity index is 1.04. The quantitative estimate of drug-likeness (QED) is 0.151. The molecule has 1 atom stereocenters. The molecule has 0 N–H and O–H groups in total. The molecule has 0 saturated heterocycles. The van der Waals surface area contributed by atoms with Crippen LogP contribution in [-0.2, 0) is 5.41 Å². The molecular formula is C64H44N2S. The molecule has 2 aliphatic carbocycles. The second-order valence-electron chi connectivity index (χ2n) is 18.1. The number of rotatable bonds is 7. The van der Waals surface area contributed by atoms with E-state index < -0.39 is 10.0 Å². The van der Waals surface area contributed by atoms with E-state index in [9.17, 15) is 0 Å². The molecule has 316 valence electrons. The summed E-state index contributed by atoms with van der Waals surface area (Å²) in [6, 6.07) is 83.8. The summed E-state index contributed by atoms with van der Waals surface area (Å²) in [6.07, 6.45) is 13.0. The monoisotopic (exact) mass is 872 g/mol. The minimum Gasteiger partial charge on any atom is -0.310 e. The molecule has 0 amide bonds. The Morgan fingerprint density at radius 2 is 0.955 bits per heavy atom. The van der Waals surface area contributed by atoms with Crippen LogP contribution in [0.2, 0.25) is 0 Å². The second-order valence-corrected chi connectivity index (χ2v) is 21.2. The van der Waals surface area contributed by atoms with Crippen LogP contribution in [0.25, 0.3) is 78.0 Å². The van der Waals surface area contributed by atoms with Crippen LogP contribution in [0.3, 0.4) is 0 Å². The molecule has 1 spiro atoms. The van der Waals surface area contributed by atoms with E-state index in [-0.39, 0.29) is 5.41 Å². The summed E-state index contributed by atoms with van der Waals surface area (Å²) >= 11 is 0. The number of hydrogen-bond acceptors (Lipinski definition) is 0. The zero-order valence-electron chi connectivity index (χ0n) is 36.8. The zero-order valence-corrected chi connectivity index (χ0v) is 37.6. The molecule has 3 aliphatic rings. The minimum atomic E-state index is -1.98. The number of fused-ring (bicyclic) bond motifs is 9. The lowest BCUT2D eigenvalue weighted by Crippen LogP contribution is -2.33. The predicted octanol–water partition coefficient (Wildman–Crippen LogP) is 17.0. The largest absolute Gasteiger partial charge is 0.310 e. The van der Waals surface area contributed by atoms with Gasteiger partial charge in [-0.25, -0.2) is 0 Å². The van der Waals surface area contributed by atoms with Gasteiger partial charge in [-0.05, 0) is 120 Å². The first-order valence-electron chi connectivity index (χ1n) is 23.3. The summed E-state index contributed by atoms with van der Waals surface area (Å²) in [5.41, 5.74) is 16.1. The summed E-state index contributed by atoms with van der Waals surface area (Å²) in [6.45, 7) is 0. The van der Waals surface area contributed by atoms with Gasteiger partial charge in [-0.1, -0.05) is 164 Å². The van der Waals surface area contributed by atoms with E-state index >= 15 is 0 Å². The highest BCUT2D eigenvalue weighted by Crippen LogP contribution is 2.74. The van der Waals surface area contributed by atoms with E-state index in [1.165, 1.54) is 108 Å². The van der Waals surface area contributed by atoms with Gasteiger partial charge in [-0.3, -0.25) is 0 Å². The molecule has 0 saturated carbocycles. The lowest BCUT2D eigenvalue weighted by molar-refractivity contribution is 0.648. The standard InChI is InChI=1S/C64H44N2S/c1-6-20-44(21-7-1)54-42-51(67(48-24-10-3-11-25-48,49-26-12-4-13-27-49)50-28-14-5-15-29-50)43-57-58-32-19-39-64(58)38-18-31-53-56-41-46(35-37-61(56)66(62(54)57)63(53)64)45-34-36-60-55(40-45)52-30-16-17-33-59(52)65(60)47-22-8-2-9-23-47/h1-37,39-43H,38H2. The third kappa shape index (κ3) is 5.41. The van der Waals surface area contributed by atoms with Crippen LogP contribution < -0.4 is 0 Å². The molecule has 1 aliphatic heterocycles. The van der Waals surface area contributed by atoms with Gasteiger partial charge in [0.25, 0.3) is 0 Å². The molecule has 14 rings (SSSR count). The van der Waals surface area contributed by atoms with Crippen LogP contribution in [0.4, 0.5) is 0 Å². The first-order valence-corrected chi connectivity index (χ1v) is 24.9. The van der Waals surface area contributed by atoms with Crippen LogP contribution in [-0.4, -0.2) is 9.13 Å². The summed E-state index contributed by atoms with van der Waals surface area (Å²) in [5.74, 6) is 0. The van der Waals surface area contributed by atoms with Crippen molar-refractivity contribution >= 4 is 54.4 Å². The van der Waals surface area contributed by atoms with Crippen molar-refractivity contribution in [3.05, 3.63) is 266 Å². The maximum Gasteiger partial charge on any atom is 0.0614 e. The molecular weight excluding hydrogens is 829 g/mol. The van der Waals surface area contributed by atoms with E-state index in [0.717, 1.165) is 6.42 Å². The highest BCUT2D eigenvalue weighted by Gasteiger charge is 2.48. The first kappa shape index (κ1) is 38.2. The normalized spacial score (nSPS) is 16.0. The van der Waals surface area contributed by atoms with Gasteiger partial charge in [0.2, 0.25) is 0 Å². The smallest absolute Gasteiger partial charge is 0.0614 e. The lowest BCUT2D eigenvalue weighted by Gasteiger charge is -2.45. The van der Waals surface area contributed by atoms with Crippen molar-refractivity contribution in [1.29, 1.82) is 0 Å². The van der Waals surface area contributed by atoms with Crippen molar-refractivity contribution in [2.24, 2.45) is 0 Å². The minimum absolute atomic E-state index is 0.300. The molecule has 0 bridgehead atoms. The first-order chi connectivity index (χ1) is 33.2. The number of allylic oxidation sites excluding steroid dienone is 5. The molecule has 9 aromatic carbocycles. The Hall–Kier alpha value is -8.11. The number of hydrogen-bond donors (Lipinski definition) is 0. The third-order valence-corrected chi connectivity index (χ3v) is 18.5. The van der Waals surface area contributed by atoms with E-state index in [1.807, 2.05) is 0 Å². The average Bonchev–Trinajstić information content (AvgIpc) is 4.09. The van der Waals surface area contributed by atoms with Crippen LogP contribution in [0.5, 0.6) is 0 Å². The fraction of sp³-hybridized carbons (Fsp3) is 0.0312. The van der Waals surface area contributed by atoms with Gasteiger partial charge < -0.3 is 9.13 Å². The Bertz CT molecular complexity index is 3760. The molecule has 2 nitrogen and oxygen atoms in total. The molecule has 11 aromatic rings. The van der Waals surface area contributed by atoms with Crippen molar-refractivity contribution < 1.29 is 0 Å². The van der Waals surface area contributed by atoms with Gasteiger partial charge in [0.05, 0.1) is 27.7 Å². The Kier molecular flexibility index (Phi) is 8.38. The van der Waals surface area contributed by atoms with Gasteiger partial charge >= 0.3 is 0 Å². The molecule has 67 heavy (non-hydrogen) atoms. The van der Waals surface area contributed by atoms with Crippen molar-refractivity contribution in [3.63, 3.8) is 0 Å². The summed E-state index contributed by atoms with van der Waals surface area (Å²) < 4.78 is 5.06. The van der Waals surface area contributed by atoms with E-state index in [2.05, 4.69) is 264 Å². The second kappa shape index (κ2) is 14.7. The topological polar surface area (TPSA) is 9.86 Å². The molecule has 3 heteroatoms. The highest BCUT2D eigenvalue weighted by atomic mass is 32.3. The van der Waals surface area contributed by atoms with E-state index in [0.29, 0.717) is 0 Å². The fourth-order valence-corrected chi connectivity index (χ4v) is 15.7. The number of benzene rings is 9. The molecule has 1 unspecified atom stereocenters. The maximum absolute atomic E-state index is 2.66. The number of aromatic nitrogens is 2. The predicted molar refractivity (Wildman–Crippen MR) is 281 cm³/mol.